The van der Waals surface area contributed by atoms with Crippen LogP contribution in [0, 0.1) is 0 Å². The fourth-order valence-corrected chi connectivity index (χ4v) is 2.34. The molecule has 0 aliphatic carbocycles. The molecular formula is C15H23N3OS. The zero-order valence-corrected chi connectivity index (χ0v) is 13.4. The van der Waals surface area contributed by atoms with Crippen LogP contribution < -0.4 is 10.6 Å². The average molecular weight is 293 g/mol. The molecule has 0 bridgehead atoms. The quantitative estimate of drug-likeness (QED) is 0.815. The molecule has 5 heteroatoms. The Labute approximate surface area is 126 Å². The van der Waals surface area contributed by atoms with E-state index in [0.29, 0.717) is 18.1 Å². The SMILES string of the molecule is CCN(CC)C(=O)C(C)N(C)c1ccccc1C(N)=S. The van der Waals surface area contributed by atoms with Gasteiger partial charge in [-0.1, -0.05) is 24.4 Å². The minimum absolute atomic E-state index is 0.107. The van der Waals surface area contributed by atoms with Crippen molar-refractivity contribution in [2.24, 2.45) is 5.73 Å². The van der Waals surface area contributed by atoms with Crippen LogP contribution in [0.25, 0.3) is 0 Å². The number of carbonyl (C=O) groups excluding carboxylic acids is 1. The van der Waals surface area contributed by atoms with E-state index in [1.54, 1.807) is 0 Å². The van der Waals surface area contributed by atoms with Gasteiger partial charge in [0.2, 0.25) is 5.91 Å². The molecule has 110 valence electrons. The number of carbonyl (C=O) groups is 1. The zero-order chi connectivity index (χ0) is 15.3. The van der Waals surface area contributed by atoms with Crippen molar-refractivity contribution >= 4 is 28.8 Å². The summed E-state index contributed by atoms with van der Waals surface area (Å²) in [5, 5.41) is 0. The first kappa shape index (κ1) is 16.4. The van der Waals surface area contributed by atoms with Crippen molar-refractivity contribution in [3.8, 4) is 0 Å². The lowest BCUT2D eigenvalue weighted by atomic mass is 10.1. The number of nitrogens with two attached hydrogens (primary N) is 1. The number of para-hydroxylation sites is 1. The van der Waals surface area contributed by atoms with Gasteiger partial charge in [-0.2, -0.15) is 0 Å². The zero-order valence-electron chi connectivity index (χ0n) is 12.6. The Morgan fingerprint density at radius 2 is 1.85 bits per heavy atom. The molecule has 1 aromatic rings. The summed E-state index contributed by atoms with van der Waals surface area (Å²) in [6.45, 7) is 7.29. The number of thiocarbonyl (C=S) groups is 1. The van der Waals surface area contributed by atoms with Crippen LogP contribution in [0.1, 0.15) is 26.3 Å². The minimum Gasteiger partial charge on any atom is -0.389 e. The summed E-state index contributed by atoms with van der Waals surface area (Å²) < 4.78 is 0. The molecule has 0 radical (unpaired) electrons. The number of hydrogen-bond donors (Lipinski definition) is 1. The van der Waals surface area contributed by atoms with E-state index >= 15 is 0 Å². The Bertz CT molecular complexity index is 486. The van der Waals surface area contributed by atoms with Gasteiger partial charge >= 0.3 is 0 Å². The topological polar surface area (TPSA) is 49.6 Å². The number of rotatable bonds is 6. The molecular weight excluding hydrogens is 270 g/mol. The maximum atomic E-state index is 12.4. The van der Waals surface area contributed by atoms with Crippen LogP contribution in [0.4, 0.5) is 5.69 Å². The molecule has 0 spiro atoms. The lowest BCUT2D eigenvalue weighted by Crippen LogP contribution is -2.46. The summed E-state index contributed by atoms with van der Waals surface area (Å²) in [5.74, 6) is 0.107. The Hall–Kier alpha value is -1.62. The molecule has 20 heavy (non-hydrogen) atoms. The molecule has 0 saturated carbocycles. The third kappa shape index (κ3) is 3.48. The highest BCUT2D eigenvalue weighted by atomic mass is 32.1. The first-order chi connectivity index (χ1) is 9.43. The van der Waals surface area contributed by atoms with E-state index in [2.05, 4.69) is 0 Å². The summed E-state index contributed by atoms with van der Waals surface area (Å²) in [4.78, 5) is 16.5. The van der Waals surface area contributed by atoms with E-state index in [4.69, 9.17) is 18.0 Å². The van der Waals surface area contributed by atoms with Gasteiger partial charge in [0.05, 0.1) is 0 Å². The van der Waals surface area contributed by atoms with Crippen LogP contribution in [0.3, 0.4) is 0 Å². The summed E-state index contributed by atoms with van der Waals surface area (Å²) in [5.41, 5.74) is 7.43. The number of anilines is 1. The first-order valence-electron chi connectivity index (χ1n) is 6.84. The summed E-state index contributed by atoms with van der Waals surface area (Å²) in [7, 11) is 1.89. The fourth-order valence-electron chi connectivity index (χ4n) is 2.16. The van der Waals surface area contributed by atoms with Crippen LogP contribution >= 0.6 is 12.2 Å². The Kier molecular flexibility index (Phi) is 5.95. The lowest BCUT2D eigenvalue weighted by Gasteiger charge is -2.31. The summed E-state index contributed by atoms with van der Waals surface area (Å²) in [6.07, 6.45) is 0. The fraction of sp³-hybridized carbons (Fsp3) is 0.467. The van der Waals surface area contributed by atoms with E-state index in [9.17, 15) is 4.79 Å². The van der Waals surface area contributed by atoms with E-state index in [0.717, 1.165) is 11.3 Å². The highest BCUT2D eigenvalue weighted by Gasteiger charge is 2.23. The van der Waals surface area contributed by atoms with Crippen molar-refractivity contribution in [1.29, 1.82) is 0 Å². The van der Waals surface area contributed by atoms with Crippen LogP contribution in [0.15, 0.2) is 24.3 Å². The molecule has 2 N–H and O–H groups in total. The van der Waals surface area contributed by atoms with Crippen LogP contribution in [-0.2, 0) is 4.79 Å². The molecule has 1 rings (SSSR count). The average Bonchev–Trinajstić information content (AvgIpc) is 2.46. The van der Waals surface area contributed by atoms with Crippen molar-refractivity contribution in [2.75, 3.05) is 25.0 Å². The molecule has 4 nitrogen and oxygen atoms in total. The Morgan fingerprint density at radius 1 is 1.30 bits per heavy atom. The van der Waals surface area contributed by atoms with Crippen molar-refractivity contribution in [3.05, 3.63) is 29.8 Å². The lowest BCUT2D eigenvalue weighted by molar-refractivity contribution is -0.131. The summed E-state index contributed by atoms with van der Waals surface area (Å²) >= 11 is 5.07. The molecule has 0 aromatic heterocycles. The highest BCUT2D eigenvalue weighted by Crippen LogP contribution is 2.21. The normalized spacial score (nSPS) is 11.8. The molecule has 1 atom stereocenters. The summed E-state index contributed by atoms with van der Waals surface area (Å²) in [6, 6.07) is 7.36. The molecule has 1 unspecified atom stereocenters. The van der Waals surface area contributed by atoms with E-state index in [-0.39, 0.29) is 11.9 Å². The van der Waals surface area contributed by atoms with E-state index in [1.807, 2.05) is 61.9 Å². The second kappa shape index (κ2) is 7.24. The number of nitrogens with zero attached hydrogens (tertiary/aromatic N) is 2. The molecule has 0 saturated heterocycles. The monoisotopic (exact) mass is 293 g/mol. The molecule has 0 aliphatic rings. The van der Waals surface area contributed by atoms with Gasteiger partial charge in [0.15, 0.2) is 0 Å². The molecule has 0 fully saturated rings. The van der Waals surface area contributed by atoms with E-state index in [1.165, 1.54) is 0 Å². The maximum Gasteiger partial charge on any atom is 0.244 e. The third-order valence-corrected chi connectivity index (χ3v) is 3.78. The van der Waals surface area contributed by atoms with Gasteiger partial charge in [-0.25, -0.2) is 0 Å². The molecule has 1 amide bonds. The van der Waals surface area contributed by atoms with Gasteiger partial charge in [0, 0.05) is 31.4 Å². The van der Waals surface area contributed by atoms with E-state index < -0.39 is 0 Å². The molecule has 0 aliphatic heterocycles. The first-order valence-corrected chi connectivity index (χ1v) is 7.25. The third-order valence-electron chi connectivity index (χ3n) is 3.56. The Morgan fingerprint density at radius 3 is 2.35 bits per heavy atom. The number of hydrogen-bond acceptors (Lipinski definition) is 3. The largest absolute Gasteiger partial charge is 0.389 e. The van der Waals surface area contributed by atoms with Gasteiger partial charge in [-0.3, -0.25) is 4.79 Å². The Balaban J connectivity index is 3.03. The number of benzene rings is 1. The smallest absolute Gasteiger partial charge is 0.244 e. The predicted octanol–water partition coefficient (Wildman–Crippen LogP) is 2.01. The molecule has 1 aromatic carbocycles. The van der Waals surface area contributed by atoms with Crippen LogP contribution in [-0.4, -0.2) is 42.0 Å². The van der Waals surface area contributed by atoms with Crippen LogP contribution in [0.2, 0.25) is 0 Å². The molecule has 0 heterocycles. The van der Waals surface area contributed by atoms with Crippen molar-refractivity contribution in [1.82, 2.24) is 4.90 Å². The second-order valence-corrected chi connectivity index (χ2v) is 5.12. The minimum atomic E-state index is -0.259. The predicted molar refractivity (Wildman–Crippen MR) is 88.1 cm³/mol. The van der Waals surface area contributed by atoms with Crippen molar-refractivity contribution in [2.45, 2.75) is 26.8 Å². The standard InChI is InChI=1S/C15H23N3OS/c1-5-18(6-2)15(19)11(3)17(4)13-10-8-7-9-12(13)14(16)20/h7-11H,5-6H2,1-4H3,(H2,16,20). The number of likely N-dealkylation sites (N-methyl/N-ethyl adjacent to an activating group) is 2. The van der Waals surface area contributed by atoms with Gasteiger partial charge in [0.25, 0.3) is 0 Å². The van der Waals surface area contributed by atoms with Gasteiger partial charge in [-0.05, 0) is 32.9 Å². The highest BCUT2D eigenvalue weighted by molar-refractivity contribution is 7.80. The van der Waals surface area contributed by atoms with Crippen molar-refractivity contribution in [3.63, 3.8) is 0 Å². The number of amides is 1. The van der Waals surface area contributed by atoms with Gasteiger partial charge in [-0.15, -0.1) is 0 Å². The second-order valence-electron chi connectivity index (χ2n) is 4.68. The van der Waals surface area contributed by atoms with Gasteiger partial charge in [0.1, 0.15) is 11.0 Å². The van der Waals surface area contributed by atoms with Gasteiger partial charge < -0.3 is 15.5 Å². The van der Waals surface area contributed by atoms with Crippen molar-refractivity contribution < 1.29 is 4.79 Å². The maximum absolute atomic E-state index is 12.4. The van der Waals surface area contributed by atoms with Crippen LogP contribution in [0.5, 0.6) is 0 Å².